The predicted octanol–water partition coefficient (Wildman–Crippen LogP) is 1.63. The number of hydrogen-bond acceptors (Lipinski definition) is 5. The molecule has 0 radical (unpaired) electrons. The Kier molecular flexibility index (Phi) is 4.53. The van der Waals surface area contributed by atoms with Crippen molar-refractivity contribution in [2.24, 2.45) is 0 Å². The average molecular weight is 227 g/mol. The molecule has 0 saturated carbocycles. The molecule has 0 atom stereocenters. The fraction of sp³-hybridized carbons (Fsp3) is 0.400. The Hall–Kier alpha value is -1.82. The van der Waals surface area contributed by atoms with E-state index in [1.54, 1.807) is 7.11 Å². The number of ether oxygens (including phenoxy) is 3. The molecule has 0 saturated heterocycles. The van der Waals surface area contributed by atoms with Gasteiger partial charge >= 0.3 is 0 Å². The van der Waals surface area contributed by atoms with Crippen molar-refractivity contribution < 1.29 is 19.1 Å². The van der Waals surface area contributed by atoms with E-state index in [9.17, 15) is 10.1 Å². The van der Waals surface area contributed by atoms with Crippen LogP contribution in [-0.4, -0.2) is 32.4 Å². The maximum Gasteiger partial charge on any atom is 0.273 e. The van der Waals surface area contributed by atoms with Crippen LogP contribution in [0.25, 0.3) is 0 Å². The summed E-state index contributed by atoms with van der Waals surface area (Å²) < 4.78 is 15.1. The SMILES string of the molecule is COCCOc1cc([N+](=O)[O-])ccc1OC. The summed E-state index contributed by atoms with van der Waals surface area (Å²) in [6, 6.07) is 4.19. The molecule has 1 aromatic rings. The zero-order valence-corrected chi connectivity index (χ0v) is 9.13. The number of methoxy groups -OCH3 is 2. The van der Waals surface area contributed by atoms with E-state index in [0.29, 0.717) is 24.7 Å². The molecule has 0 aliphatic heterocycles. The van der Waals surface area contributed by atoms with Crippen molar-refractivity contribution >= 4 is 5.69 Å². The van der Waals surface area contributed by atoms with Gasteiger partial charge in [-0.3, -0.25) is 10.1 Å². The van der Waals surface area contributed by atoms with Crippen molar-refractivity contribution in [3.63, 3.8) is 0 Å². The van der Waals surface area contributed by atoms with E-state index in [4.69, 9.17) is 14.2 Å². The molecule has 88 valence electrons. The molecule has 1 rings (SSSR count). The van der Waals surface area contributed by atoms with Crippen LogP contribution in [0.5, 0.6) is 11.5 Å². The highest BCUT2D eigenvalue weighted by atomic mass is 16.6. The van der Waals surface area contributed by atoms with Gasteiger partial charge in [-0.25, -0.2) is 0 Å². The van der Waals surface area contributed by atoms with Gasteiger partial charge < -0.3 is 14.2 Å². The molecule has 0 N–H and O–H groups in total. The first-order valence-corrected chi connectivity index (χ1v) is 4.63. The summed E-state index contributed by atoms with van der Waals surface area (Å²) in [5, 5.41) is 10.6. The lowest BCUT2D eigenvalue weighted by Crippen LogP contribution is -2.05. The fourth-order valence-electron chi connectivity index (χ4n) is 1.13. The summed E-state index contributed by atoms with van der Waals surface area (Å²) in [6.07, 6.45) is 0. The van der Waals surface area contributed by atoms with Gasteiger partial charge in [-0.1, -0.05) is 0 Å². The van der Waals surface area contributed by atoms with Gasteiger partial charge in [0.2, 0.25) is 0 Å². The van der Waals surface area contributed by atoms with Crippen molar-refractivity contribution in [2.75, 3.05) is 27.4 Å². The minimum absolute atomic E-state index is 0.0341. The molecular weight excluding hydrogens is 214 g/mol. The Labute approximate surface area is 92.9 Å². The zero-order valence-electron chi connectivity index (χ0n) is 9.13. The second-order valence-corrected chi connectivity index (χ2v) is 2.93. The number of nitro benzene ring substituents is 1. The third-order valence-electron chi connectivity index (χ3n) is 1.90. The number of rotatable bonds is 6. The molecule has 0 aliphatic rings. The summed E-state index contributed by atoms with van der Waals surface area (Å²) in [6.45, 7) is 0.722. The first-order chi connectivity index (χ1) is 7.69. The molecule has 0 unspecified atom stereocenters. The van der Waals surface area contributed by atoms with Gasteiger partial charge in [-0.05, 0) is 6.07 Å². The smallest absolute Gasteiger partial charge is 0.273 e. The first kappa shape index (κ1) is 12.3. The Balaban J connectivity index is 2.84. The van der Waals surface area contributed by atoms with Crippen molar-refractivity contribution in [1.29, 1.82) is 0 Å². The highest BCUT2D eigenvalue weighted by Gasteiger charge is 2.12. The van der Waals surface area contributed by atoms with E-state index in [1.165, 1.54) is 25.3 Å². The summed E-state index contributed by atoms with van der Waals surface area (Å²) in [5.41, 5.74) is -0.0341. The lowest BCUT2D eigenvalue weighted by molar-refractivity contribution is -0.385. The van der Waals surface area contributed by atoms with Gasteiger partial charge in [-0.15, -0.1) is 0 Å². The van der Waals surface area contributed by atoms with E-state index >= 15 is 0 Å². The molecule has 6 heteroatoms. The van der Waals surface area contributed by atoms with Crippen molar-refractivity contribution in [2.45, 2.75) is 0 Å². The molecule has 0 bridgehead atoms. The van der Waals surface area contributed by atoms with E-state index < -0.39 is 4.92 Å². The van der Waals surface area contributed by atoms with Gasteiger partial charge in [0.25, 0.3) is 5.69 Å². The van der Waals surface area contributed by atoms with Crippen LogP contribution < -0.4 is 9.47 Å². The van der Waals surface area contributed by atoms with Gasteiger partial charge in [-0.2, -0.15) is 0 Å². The van der Waals surface area contributed by atoms with Crippen molar-refractivity contribution in [1.82, 2.24) is 0 Å². The topological polar surface area (TPSA) is 70.8 Å². The predicted molar refractivity (Wildman–Crippen MR) is 57.0 cm³/mol. The van der Waals surface area contributed by atoms with Crippen LogP contribution in [0, 0.1) is 10.1 Å². The van der Waals surface area contributed by atoms with Crippen LogP contribution in [0.3, 0.4) is 0 Å². The summed E-state index contributed by atoms with van der Waals surface area (Å²) >= 11 is 0. The Morgan fingerprint density at radius 3 is 2.56 bits per heavy atom. The maximum absolute atomic E-state index is 10.6. The van der Waals surface area contributed by atoms with Crippen LogP contribution in [0.4, 0.5) is 5.69 Å². The maximum atomic E-state index is 10.6. The highest BCUT2D eigenvalue weighted by molar-refractivity contribution is 5.48. The molecule has 1 aromatic carbocycles. The lowest BCUT2D eigenvalue weighted by Gasteiger charge is -2.09. The monoisotopic (exact) mass is 227 g/mol. The van der Waals surface area contributed by atoms with Crippen LogP contribution in [0.1, 0.15) is 0 Å². The van der Waals surface area contributed by atoms with Crippen LogP contribution in [0.2, 0.25) is 0 Å². The van der Waals surface area contributed by atoms with Gasteiger partial charge in [0.15, 0.2) is 11.5 Å². The van der Waals surface area contributed by atoms with Crippen LogP contribution in [0.15, 0.2) is 18.2 Å². The fourth-order valence-corrected chi connectivity index (χ4v) is 1.13. The number of hydrogen-bond donors (Lipinski definition) is 0. The standard InChI is InChI=1S/C10H13NO5/c1-14-5-6-16-10-7-8(11(12)13)3-4-9(10)15-2/h3-4,7H,5-6H2,1-2H3. The lowest BCUT2D eigenvalue weighted by atomic mass is 10.3. The second-order valence-electron chi connectivity index (χ2n) is 2.93. The number of benzene rings is 1. The first-order valence-electron chi connectivity index (χ1n) is 4.63. The second kappa shape index (κ2) is 5.92. The molecule has 6 nitrogen and oxygen atoms in total. The molecule has 0 aromatic heterocycles. The third kappa shape index (κ3) is 3.09. The van der Waals surface area contributed by atoms with E-state index in [-0.39, 0.29) is 5.69 Å². The van der Waals surface area contributed by atoms with Crippen LogP contribution in [-0.2, 0) is 4.74 Å². The van der Waals surface area contributed by atoms with Gasteiger partial charge in [0, 0.05) is 13.2 Å². The van der Waals surface area contributed by atoms with E-state index in [2.05, 4.69) is 0 Å². The number of nitrogens with zero attached hydrogens (tertiary/aromatic N) is 1. The van der Waals surface area contributed by atoms with Gasteiger partial charge in [0.1, 0.15) is 6.61 Å². The number of non-ortho nitro benzene ring substituents is 1. The molecule has 16 heavy (non-hydrogen) atoms. The average Bonchev–Trinajstić information content (AvgIpc) is 2.29. The zero-order chi connectivity index (χ0) is 12.0. The molecule has 0 spiro atoms. The minimum Gasteiger partial charge on any atom is -0.493 e. The summed E-state index contributed by atoms with van der Waals surface area (Å²) in [4.78, 5) is 10.1. The van der Waals surface area contributed by atoms with Gasteiger partial charge in [0.05, 0.1) is 24.7 Å². The quantitative estimate of drug-likeness (QED) is 0.419. The summed E-state index contributed by atoms with van der Waals surface area (Å²) in [5.74, 6) is 0.801. The molecule has 0 aliphatic carbocycles. The Morgan fingerprint density at radius 1 is 1.25 bits per heavy atom. The Morgan fingerprint density at radius 2 is 2.00 bits per heavy atom. The molecule has 0 amide bonds. The third-order valence-corrected chi connectivity index (χ3v) is 1.90. The van der Waals surface area contributed by atoms with E-state index in [1.807, 2.05) is 0 Å². The van der Waals surface area contributed by atoms with Crippen molar-refractivity contribution in [3.8, 4) is 11.5 Å². The normalized spacial score (nSPS) is 9.88. The molecule has 0 fully saturated rings. The van der Waals surface area contributed by atoms with Crippen LogP contribution >= 0.6 is 0 Å². The van der Waals surface area contributed by atoms with E-state index in [0.717, 1.165) is 0 Å². The summed E-state index contributed by atoms with van der Waals surface area (Å²) in [7, 11) is 3.03. The van der Waals surface area contributed by atoms with Crippen molar-refractivity contribution in [3.05, 3.63) is 28.3 Å². The highest BCUT2D eigenvalue weighted by Crippen LogP contribution is 2.30. The Bertz CT molecular complexity index is 366. The minimum atomic E-state index is -0.484. The largest absolute Gasteiger partial charge is 0.493 e. The number of nitro groups is 1. The molecular formula is C10H13NO5. The molecule has 0 heterocycles.